The van der Waals surface area contributed by atoms with Gasteiger partial charge in [-0.2, -0.15) is 0 Å². The summed E-state index contributed by atoms with van der Waals surface area (Å²) in [6.07, 6.45) is 1.53. The molecule has 3 aromatic rings. The quantitative estimate of drug-likeness (QED) is 0.269. The number of nitrogens with zero attached hydrogens (tertiary/aromatic N) is 2. The predicted octanol–water partition coefficient (Wildman–Crippen LogP) is 6.02. The third-order valence-electron chi connectivity index (χ3n) is 5.36. The monoisotopic (exact) mass is 448 g/mol. The van der Waals surface area contributed by atoms with E-state index in [1.807, 2.05) is 37.3 Å². The van der Waals surface area contributed by atoms with E-state index in [9.17, 15) is 19.7 Å². The maximum absolute atomic E-state index is 12.8. The van der Waals surface area contributed by atoms with Crippen LogP contribution in [0.4, 0.5) is 10.5 Å². The van der Waals surface area contributed by atoms with E-state index in [1.54, 1.807) is 26.0 Å². The Morgan fingerprint density at radius 2 is 1.78 bits per heavy atom. The molecule has 4 rings (SSSR count). The highest BCUT2D eigenvalue weighted by molar-refractivity contribution is 8.18. The van der Waals surface area contributed by atoms with Crippen molar-refractivity contribution in [2.45, 2.75) is 27.3 Å². The minimum Gasteiger partial charge on any atom is -0.457 e. The van der Waals surface area contributed by atoms with Crippen LogP contribution in [0.1, 0.15) is 28.0 Å². The molecule has 1 saturated heterocycles. The standard InChI is InChI=1S/C24H20N2O5S/c1-14-4-6-17(7-5-14)13-25-23(27)22(32-24(25)28)12-19-8-9-21(31-19)18-10-15(2)16(3)20(11-18)26(29)30/h4-12H,13H2,1-3H3/b22-12+. The number of thioether (sulfide) groups is 1. The minimum atomic E-state index is -0.417. The minimum absolute atomic E-state index is 0.0233. The molecule has 0 aliphatic carbocycles. The smallest absolute Gasteiger partial charge is 0.293 e. The van der Waals surface area contributed by atoms with E-state index in [4.69, 9.17) is 4.42 Å². The van der Waals surface area contributed by atoms with E-state index in [1.165, 1.54) is 17.0 Å². The van der Waals surface area contributed by atoms with Crippen LogP contribution in [0.15, 0.2) is 57.9 Å². The van der Waals surface area contributed by atoms with E-state index in [0.29, 0.717) is 22.6 Å². The van der Waals surface area contributed by atoms with Crippen LogP contribution in [0.5, 0.6) is 0 Å². The van der Waals surface area contributed by atoms with Gasteiger partial charge in [-0.25, -0.2) is 0 Å². The molecule has 8 heteroatoms. The highest BCUT2D eigenvalue weighted by Gasteiger charge is 2.35. The average Bonchev–Trinajstić information content (AvgIpc) is 3.31. The van der Waals surface area contributed by atoms with Crippen LogP contribution >= 0.6 is 11.8 Å². The second-order valence-corrected chi connectivity index (χ2v) is 8.64. The molecule has 0 atom stereocenters. The summed E-state index contributed by atoms with van der Waals surface area (Å²) in [5.74, 6) is 0.461. The molecular weight excluding hydrogens is 428 g/mol. The molecule has 162 valence electrons. The molecule has 0 radical (unpaired) electrons. The van der Waals surface area contributed by atoms with Gasteiger partial charge in [0, 0.05) is 23.3 Å². The van der Waals surface area contributed by atoms with Gasteiger partial charge >= 0.3 is 0 Å². The lowest BCUT2D eigenvalue weighted by Gasteiger charge is -2.12. The van der Waals surface area contributed by atoms with Gasteiger partial charge in [0.2, 0.25) is 0 Å². The fourth-order valence-corrected chi connectivity index (χ4v) is 4.22. The number of nitro benzene ring substituents is 1. The summed E-state index contributed by atoms with van der Waals surface area (Å²) in [6, 6.07) is 14.3. The topological polar surface area (TPSA) is 93.7 Å². The second-order valence-electron chi connectivity index (χ2n) is 7.65. The van der Waals surface area contributed by atoms with E-state index in [0.717, 1.165) is 28.5 Å². The van der Waals surface area contributed by atoms with Gasteiger partial charge in [-0.1, -0.05) is 29.8 Å². The molecule has 32 heavy (non-hydrogen) atoms. The Morgan fingerprint density at radius 1 is 1.06 bits per heavy atom. The summed E-state index contributed by atoms with van der Waals surface area (Å²) in [7, 11) is 0. The van der Waals surface area contributed by atoms with Gasteiger partial charge in [0.25, 0.3) is 16.8 Å². The SMILES string of the molecule is Cc1ccc(CN2C(=O)S/C(=C/c3ccc(-c4cc(C)c(C)c([N+](=O)[O-])c4)o3)C2=O)cc1. The Bertz CT molecular complexity index is 1270. The van der Waals surface area contributed by atoms with Crippen molar-refractivity contribution in [2.24, 2.45) is 0 Å². The molecule has 0 N–H and O–H groups in total. The van der Waals surface area contributed by atoms with Crippen LogP contribution in [0.2, 0.25) is 0 Å². The van der Waals surface area contributed by atoms with Crippen LogP contribution in [0, 0.1) is 30.9 Å². The van der Waals surface area contributed by atoms with Gasteiger partial charge in [-0.05, 0) is 61.9 Å². The van der Waals surface area contributed by atoms with Crippen molar-refractivity contribution in [3.8, 4) is 11.3 Å². The van der Waals surface area contributed by atoms with Crippen molar-refractivity contribution in [3.63, 3.8) is 0 Å². The number of hydrogen-bond donors (Lipinski definition) is 0. The van der Waals surface area contributed by atoms with Gasteiger partial charge in [0.1, 0.15) is 11.5 Å². The largest absolute Gasteiger partial charge is 0.457 e. The van der Waals surface area contributed by atoms with Crippen LogP contribution in [-0.2, 0) is 11.3 Å². The van der Waals surface area contributed by atoms with Crippen LogP contribution in [-0.4, -0.2) is 21.0 Å². The Hall–Kier alpha value is -3.65. The van der Waals surface area contributed by atoms with Gasteiger partial charge in [-0.15, -0.1) is 0 Å². The fraction of sp³-hybridized carbons (Fsp3) is 0.167. The lowest BCUT2D eigenvalue weighted by Crippen LogP contribution is -2.27. The number of hydrogen-bond acceptors (Lipinski definition) is 6. The lowest BCUT2D eigenvalue weighted by atomic mass is 10.0. The normalized spacial score (nSPS) is 15.1. The number of imide groups is 1. The zero-order valence-corrected chi connectivity index (χ0v) is 18.6. The zero-order valence-electron chi connectivity index (χ0n) is 17.7. The van der Waals surface area contributed by atoms with Crippen molar-refractivity contribution in [3.05, 3.63) is 91.6 Å². The number of carbonyl (C=O) groups is 2. The zero-order chi connectivity index (χ0) is 23.0. The Kier molecular flexibility index (Phi) is 5.71. The molecule has 2 heterocycles. The summed E-state index contributed by atoms with van der Waals surface area (Å²) in [6.45, 7) is 5.69. The number of carbonyl (C=O) groups excluding carboxylic acids is 2. The van der Waals surface area contributed by atoms with Gasteiger partial charge in [-0.3, -0.25) is 24.6 Å². The first-order chi connectivity index (χ1) is 15.2. The van der Waals surface area contributed by atoms with E-state index in [-0.39, 0.29) is 28.3 Å². The van der Waals surface area contributed by atoms with E-state index in [2.05, 4.69) is 0 Å². The summed E-state index contributed by atoms with van der Waals surface area (Å²) >= 11 is 0.864. The third kappa shape index (κ3) is 4.22. The second kappa shape index (κ2) is 8.47. The number of benzene rings is 2. The van der Waals surface area contributed by atoms with Gasteiger partial charge < -0.3 is 4.42 Å². The first-order valence-electron chi connectivity index (χ1n) is 9.89. The molecule has 0 spiro atoms. The first kappa shape index (κ1) is 21.6. The molecule has 1 aliphatic heterocycles. The van der Waals surface area contributed by atoms with Crippen molar-refractivity contribution in [2.75, 3.05) is 0 Å². The molecular formula is C24H20N2O5S. The first-order valence-corrected chi connectivity index (χ1v) is 10.7. The van der Waals surface area contributed by atoms with Crippen molar-refractivity contribution < 1.29 is 18.9 Å². The highest BCUT2D eigenvalue weighted by Crippen LogP contribution is 2.35. The molecule has 0 bridgehead atoms. The highest BCUT2D eigenvalue weighted by atomic mass is 32.2. The van der Waals surface area contributed by atoms with Crippen molar-refractivity contribution >= 4 is 34.7 Å². The maximum Gasteiger partial charge on any atom is 0.293 e. The predicted molar refractivity (Wildman–Crippen MR) is 123 cm³/mol. The maximum atomic E-state index is 12.8. The molecule has 1 aliphatic rings. The van der Waals surface area contributed by atoms with E-state index >= 15 is 0 Å². The molecule has 2 amide bonds. The number of aryl methyl sites for hydroxylation is 2. The summed E-state index contributed by atoms with van der Waals surface area (Å²) in [4.78, 5) is 37.5. The molecule has 7 nitrogen and oxygen atoms in total. The molecule has 0 unspecified atom stereocenters. The molecule has 1 aromatic heterocycles. The number of furan rings is 1. The Balaban J connectivity index is 1.57. The summed E-state index contributed by atoms with van der Waals surface area (Å²) in [5.41, 5.74) is 3.96. The average molecular weight is 449 g/mol. The summed E-state index contributed by atoms with van der Waals surface area (Å²) in [5, 5.41) is 11.0. The number of amides is 2. The molecule has 2 aromatic carbocycles. The number of nitro groups is 1. The summed E-state index contributed by atoms with van der Waals surface area (Å²) < 4.78 is 5.82. The third-order valence-corrected chi connectivity index (χ3v) is 6.26. The molecule has 0 saturated carbocycles. The van der Waals surface area contributed by atoms with E-state index < -0.39 is 4.92 Å². The number of rotatable bonds is 5. The lowest BCUT2D eigenvalue weighted by molar-refractivity contribution is -0.385. The van der Waals surface area contributed by atoms with Crippen LogP contribution in [0.3, 0.4) is 0 Å². The molecule has 1 fully saturated rings. The van der Waals surface area contributed by atoms with Crippen LogP contribution < -0.4 is 0 Å². The van der Waals surface area contributed by atoms with Gasteiger partial charge in [0.15, 0.2) is 0 Å². The fourth-order valence-electron chi connectivity index (χ4n) is 3.40. The Morgan fingerprint density at radius 3 is 2.47 bits per heavy atom. The van der Waals surface area contributed by atoms with Crippen molar-refractivity contribution in [1.82, 2.24) is 4.90 Å². The van der Waals surface area contributed by atoms with Crippen LogP contribution in [0.25, 0.3) is 17.4 Å². The Labute approximate surface area is 188 Å². The van der Waals surface area contributed by atoms with Crippen molar-refractivity contribution in [1.29, 1.82) is 0 Å². The van der Waals surface area contributed by atoms with Gasteiger partial charge in [0.05, 0.1) is 16.4 Å².